The van der Waals surface area contributed by atoms with Gasteiger partial charge in [-0.2, -0.15) is 0 Å². The highest BCUT2D eigenvalue weighted by atomic mass is 16.5. The predicted molar refractivity (Wildman–Crippen MR) is 62.9 cm³/mol. The molecule has 16 heavy (non-hydrogen) atoms. The molecular formula is C13H23NO2. The molecule has 3 heteroatoms. The van der Waals surface area contributed by atoms with Gasteiger partial charge in [-0.1, -0.05) is 32.1 Å². The van der Waals surface area contributed by atoms with Gasteiger partial charge in [-0.15, -0.1) is 0 Å². The molecule has 2 fully saturated rings. The second-order valence-corrected chi connectivity index (χ2v) is 5.32. The molecule has 0 aromatic heterocycles. The number of hydrogen-bond donors (Lipinski definition) is 1. The van der Waals surface area contributed by atoms with E-state index in [1.165, 1.54) is 32.1 Å². The molecular weight excluding hydrogens is 202 g/mol. The van der Waals surface area contributed by atoms with Crippen LogP contribution in [0, 0.1) is 11.8 Å². The van der Waals surface area contributed by atoms with Crippen molar-refractivity contribution in [1.29, 1.82) is 0 Å². The quantitative estimate of drug-likeness (QED) is 0.730. The van der Waals surface area contributed by atoms with Crippen molar-refractivity contribution in [3.05, 3.63) is 0 Å². The first-order valence-corrected chi connectivity index (χ1v) is 6.69. The summed E-state index contributed by atoms with van der Waals surface area (Å²) in [6, 6.07) is -0.375. The van der Waals surface area contributed by atoms with Gasteiger partial charge >= 0.3 is 5.97 Å². The average molecular weight is 225 g/mol. The zero-order chi connectivity index (χ0) is 11.4. The Morgan fingerprint density at radius 2 is 1.88 bits per heavy atom. The van der Waals surface area contributed by atoms with E-state index in [1.807, 2.05) is 0 Å². The molecule has 0 saturated heterocycles. The number of nitrogens with two attached hydrogens (primary N) is 1. The highest BCUT2D eigenvalue weighted by Gasteiger charge is 2.28. The fraction of sp³-hybridized carbons (Fsp3) is 0.923. The first kappa shape index (κ1) is 11.9. The van der Waals surface area contributed by atoms with Crippen molar-refractivity contribution in [2.45, 2.75) is 57.4 Å². The number of esters is 1. The van der Waals surface area contributed by atoms with Crippen molar-refractivity contribution in [2.24, 2.45) is 17.6 Å². The van der Waals surface area contributed by atoms with Crippen LogP contribution >= 0.6 is 0 Å². The summed E-state index contributed by atoms with van der Waals surface area (Å²) in [7, 11) is 0. The van der Waals surface area contributed by atoms with Gasteiger partial charge in [-0.3, -0.25) is 4.79 Å². The summed E-state index contributed by atoms with van der Waals surface area (Å²) in [5.74, 6) is 1.01. The number of ether oxygens (including phenoxy) is 1. The molecule has 0 spiro atoms. The third kappa shape index (κ3) is 3.48. The lowest BCUT2D eigenvalue weighted by atomic mass is 9.84. The van der Waals surface area contributed by atoms with E-state index >= 15 is 0 Å². The third-order valence-electron chi connectivity index (χ3n) is 3.90. The summed E-state index contributed by atoms with van der Waals surface area (Å²) in [6.07, 6.45) is 9.57. The van der Waals surface area contributed by atoms with E-state index < -0.39 is 0 Å². The van der Waals surface area contributed by atoms with Gasteiger partial charge in [0.2, 0.25) is 0 Å². The number of rotatable bonds is 5. The Kier molecular flexibility index (Phi) is 4.22. The lowest BCUT2D eigenvalue weighted by Crippen LogP contribution is -2.40. The Morgan fingerprint density at radius 3 is 2.50 bits per heavy atom. The monoisotopic (exact) mass is 225 g/mol. The number of hydrogen-bond acceptors (Lipinski definition) is 3. The van der Waals surface area contributed by atoms with Gasteiger partial charge in [0.25, 0.3) is 0 Å². The maximum absolute atomic E-state index is 11.7. The molecule has 2 rings (SSSR count). The average Bonchev–Trinajstić information content (AvgIpc) is 3.13. The van der Waals surface area contributed by atoms with Gasteiger partial charge in [0.15, 0.2) is 0 Å². The predicted octanol–water partition coefficient (Wildman–Crippen LogP) is 2.24. The van der Waals surface area contributed by atoms with E-state index in [1.54, 1.807) is 0 Å². The highest BCUT2D eigenvalue weighted by Crippen LogP contribution is 2.32. The lowest BCUT2D eigenvalue weighted by molar-refractivity contribution is -0.147. The zero-order valence-electron chi connectivity index (χ0n) is 9.99. The highest BCUT2D eigenvalue weighted by molar-refractivity contribution is 5.75. The van der Waals surface area contributed by atoms with Crippen LogP contribution in [0.4, 0.5) is 0 Å². The fourth-order valence-corrected chi connectivity index (χ4v) is 2.51. The van der Waals surface area contributed by atoms with E-state index in [0.717, 1.165) is 25.2 Å². The van der Waals surface area contributed by atoms with E-state index in [2.05, 4.69) is 0 Å². The summed E-state index contributed by atoms with van der Waals surface area (Å²) in [6.45, 7) is 0.573. The summed E-state index contributed by atoms with van der Waals surface area (Å²) < 4.78 is 5.24. The van der Waals surface area contributed by atoms with E-state index in [-0.39, 0.29) is 12.0 Å². The summed E-state index contributed by atoms with van der Waals surface area (Å²) in [5.41, 5.74) is 5.95. The van der Waals surface area contributed by atoms with Crippen LogP contribution in [0.3, 0.4) is 0 Å². The molecule has 0 aromatic carbocycles. The van der Waals surface area contributed by atoms with Crippen LogP contribution in [-0.4, -0.2) is 18.6 Å². The second kappa shape index (κ2) is 5.67. The molecule has 0 aliphatic heterocycles. The van der Waals surface area contributed by atoms with Crippen molar-refractivity contribution < 1.29 is 9.53 Å². The fourth-order valence-electron chi connectivity index (χ4n) is 2.51. The van der Waals surface area contributed by atoms with Crippen molar-refractivity contribution >= 4 is 5.97 Å². The van der Waals surface area contributed by atoms with Crippen molar-refractivity contribution in [3.63, 3.8) is 0 Å². The Labute approximate surface area is 97.7 Å². The van der Waals surface area contributed by atoms with Gasteiger partial charge in [0.05, 0.1) is 6.61 Å². The second-order valence-electron chi connectivity index (χ2n) is 5.32. The van der Waals surface area contributed by atoms with Crippen molar-refractivity contribution in [3.8, 4) is 0 Å². The first-order valence-electron chi connectivity index (χ1n) is 6.69. The molecule has 0 radical (unpaired) electrons. The van der Waals surface area contributed by atoms with Crippen LogP contribution in [0.1, 0.15) is 51.4 Å². The molecule has 2 saturated carbocycles. The third-order valence-corrected chi connectivity index (χ3v) is 3.90. The largest absolute Gasteiger partial charge is 0.465 e. The van der Waals surface area contributed by atoms with Crippen LogP contribution < -0.4 is 5.73 Å². The maximum Gasteiger partial charge on any atom is 0.323 e. The maximum atomic E-state index is 11.7. The minimum Gasteiger partial charge on any atom is -0.465 e. The minimum absolute atomic E-state index is 0.174. The number of carbonyl (C=O) groups is 1. The Hall–Kier alpha value is -0.570. The molecule has 92 valence electrons. The Balaban J connectivity index is 1.65. The molecule has 0 heterocycles. The topological polar surface area (TPSA) is 52.3 Å². The molecule has 3 nitrogen and oxygen atoms in total. The van der Waals surface area contributed by atoms with Crippen molar-refractivity contribution in [1.82, 2.24) is 0 Å². The van der Waals surface area contributed by atoms with Gasteiger partial charge in [-0.25, -0.2) is 0 Å². The molecule has 0 bridgehead atoms. The van der Waals surface area contributed by atoms with E-state index in [4.69, 9.17) is 10.5 Å². The zero-order valence-corrected chi connectivity index (χ0v) is 9.99. The SMILES string of the molecule is NC(C(=O)OCCC1CC1)C1CCCCC1. The smallest absolute Gasteiger partial charge is 0.323 e. The van der Waals surface area contributed by atoms with Gasteiger partial charge in [-0.05, 0) is 31.1 Å². The van der Waals surface area contributed by atoms with E-state index in [9.17, 15) is 4.79 Å². The van der Waals surface area contributed by atoms with Crippen LogP contribution in [-0.2, 0) is 9.53 Å². The van der Waals surface area contributed by atoms with Gasteiger partial charge in [0, 0.05) is 0 Å². The van der Waals surface area contributed by atoms with Gasteiger partial charge in [0.1, 0.15) is 6.04 Å². The molecule has 1 atom stereocenters. The van der Waals surface area contributed by atoms with E-state index in [0.29, 0.717) is 12.5 Å². The van der Waals surface area contributed by atoms with Crippen molar-refractivity contribution in [2.75, 3.05) is 6.61 Å². The lowest BCUT2D eigenvalue weighted by Gasteiger charge is -2.25. The number of carbonyl (C=O) groups excluding carboxylic acids is 1. The van der Waals surface area contributed by atoms with Gasteiger partial charge < -0.3 is 10.5 Å². The normalized spacial score (nSPS) is 24.1. The summed E-state index contributed by atoms with van der Waals surface area (Å²) >= 11 is 0. The van der Waals surface area contributed by atoms with Crippen LogP contribution in [0.15, 0.2) is 0 Å². The molecule has 2 N–H and O–H groups in total. The summed E-state index contributed by atoms with van der Waals surface area (Å²) in [4.78, 5) is 11.7. The Bertz CT molecular complexity index is 232. The Morgan fingerprint density at radius 1 is 1.19 bits per heavy atom. The molecule has 1 unspecified atom stereocenters. The molecule has 2 aliphatic rings. The summed E-state index contributed by atoms with van der Waals surface area (Å²) in [5, 5.41) is 0. The minimum atomic E-state index is -0.375. The molecule has 2 aliphatic carbocycles. The standard InChI is InChI=1S/C13H23NO2/c14-12(11-4-2-1-3-5-11)13(15)16-9-8-10-6-7-10/h10-12H,1-9,14H2. The van der Waals surface area contributed by atoms with Crippen LogP contribution in [0.2, 0.25) is 0 Å². The van der Waals surface area contributed by atoms with Crippen LogP contribution in [0.5, 0.6) is 0 Å². The molecule has 0 aromatic rings. The van der Waals surface area contributed by atoms with Crippen LogP contribution in [0.25, 0.3) is 0 Å². The molecule has 0 amide bonds. The first-order chi connectivity index (χ1) is 7.77.